The third kappa shape index (κ3) is 10.6. The van der Waals surface area contributed by atoms with E-state index in [1.165, 1.54) is 15.9 Å². The molecule has 0 aromatic carbocycles. The van der Waals surface area contributed by atoms with E-state index in [1.807, 2.05) is 0 Å². The molecule has 0 atom stereocenters. The molecule has 0 fully saturated rings. The molecule has 0 heterocycles. The second-order valence-corrected chi connectivity index (χ2v) is 3.31. The Morgan fingerprint density at radius 1 is 0.778 bits per heavy atom. The summed E-state index contributed by atoms with van der Waals surface area (Å²) < 4.78 is 112. The molecule has 0 spiro atoms. The van der Waals surface area contributed by atoms with Crippen LogP contribution in [0.4, 0.5) is 43.9 Å². The number of alkyl halides is 11. The lowest BCUT2D eigenvalue weighted by Gasteiger charge is -2.16. The highest BCUT2D eigenvalue weighted by Crippen LogP contribution is 2.39. The van der Waals surface area contributed by atoms with E-state index in [1.54, 1.807) is 4.74 Å². The van der Waals surface area contributed by atoms with Gasteiger partial charge in [-0.1, -0.05) is 6.58 Å². The molecular formula is C6H3BrF10O. The molecule has 0 bridgehead atoms. The maximum absolute atomic E-state index is 11.7. The Labute approximate surface area is 102 Å². The first-order valence-corrected chi connectivity index (χ1v) is 4.23. The summed E-state index contributed by atoms with van der Waals surface area (Å²) in [5.74, 6) is -4.17. The zero-order valence-electron chi connectivity index (χ0n) is 7.85. The van der Waals surface area contributed by atoms with Crippen LogP contribution in [0.1, 0.15) is 0 Å². The van der Waals surface area contributed by atoms with Crippen LogP contribution in [0.2, 0.25) is 0 Å². The van der Waals surface area contributed by atoms with Crippen molar-refractivity contribution in [3.8, 4) is 0 Å². The van der Waals surface area contributed by atoms with Gasteiger partial charge in [0.15, 0.2) is 0 Å². The second kappa shape index (κ2) is 6.08. The van der Waals surface area contributed by atoms with Crippen molar-refractivity contribution in [3.63, 3.8) is 0 Å². The van der Waals surface area contributed by atoms with E-state index in [0.717, 1.165) is 0 Å². The normalized spacial score (nSPS) is 13.7. The van der Waals surface area contributed by atoms with E-state index in [4.69, 9.17) is 0 Å². The molecule has 0 aliphatic rings. The van der Waals surface area contributed by atoms with Crippen molar-refractivity contribution in [2.75, 3.05) is 0 Å². The van der Waals surface area contributed by atoms with Crippen LogP contribution in [-0.2, 0) is 4.74 Å². The van der Waals surface area contributed by atoms with Gasteiger partial charge in [0, 0.05) is 0 Å². The summed E-state index contributed by atoms with van der Waals surface area (Å²) in [6, 6.07) is 0. The van der Waals surface area contributed by atoms with Crippen molar-refractivity contribution in [3.05, 3.63) is 12.7 Å². The fourth-order valence-electron chi connectivity index (χ4n) is 0.247. The summed E-state index contributed by atoms with van der Waals surface area (Å²) in [5.41, 5.74) is 0. The molecule has 110 valence electrons. The van der Waals surface area contributed by atoms with Crippen molar-refractivity contribution in [2.45, 2.75) is 23.5 Å². The first-order valence-electron chi connectivity index (χ1n) is 3.43. The van der Waals surface area contributed by atoms with E-state index in [0.29, 0.717) is 0 Å². The number of ether oxygens (including phenoxy) is 1. The lowest BCUT2D eigenvalue weighted by atomic mass is 10.3. The first kappa shape index (κ1) is 19.8. The standard InChI is InChI=1S/C4H3BrF4.C2F6O/c1-2-3(6,7)4(5,8)9;3-1(4,5)9-2(6,7)8/h2H,1H2;. The van der Waals surface area contributed by atoms with E-state index >= 15 is 0 Å². The average molecular weight is 361 g/mol. The van der Waals surface area contributed by atoms with E-state index < -0.39 is 23.5 Å². The molecule has 12 heteroatoms. The van der Waals surface area contributed by atoms with Gasteiger partial charge in [-0.2, -0.15) is 22.3 Å². The Morgan fingerprint density at radius 2 is 1.06 bits per heavy atom. The van der Waals surface area contributed by atoms with Gasteiger partial charge in [-0.25, -0.2) is 0 Å². The summed E-state index contributed by atoms with van der Waals surface area (Å²) in [6.07, 6.45) is -11.4. The summed E-state index contributed by atoms with van der Waals surface area (Å²) in [5, 5.41) is 0. The number of allylic oxidation sites excluding steroid dienone is 1. The molecule has 0 radical (unpaired) electrons. The van der Waals surface area contributed by atoms with Crippen LogP contribution in [0.3, 0.4) is 0 Å². The number of hydrogen-bond donors (Lipinski definition) is 0. The van der Waals surface area contributed by atoms with Crippen LogP contribution in [0.15, 0.2) is 12.7 Å². The molecule has 1 nitrogen and oxygen atoms in total. The van der Waals surface area contributed by atoms with Crippen LogP contribution >= 0.6 is 15.9 Å². The van der Waals surface area contributed by atoms with Gasteiger partial charge >= 0.3 is 23.5 Å². The Balaban J connectivity index is 0. The van der Waals surface area contributed by atoms with Gasteiger partial charge in [0.2, 0.25) is 0 Å². The Kier molecular flexibility index (Phi) is 6.69. The quantitative estimate of drug-likeness (QED) is 0.389. The van der Waals surface area contributed by atoms with Crippen molar-refractivity contribution in [1.82, 2.24) is 0 Å². The minimum Gasteiger partial charge on any atom is -0.196 e. The third-order valence-electron chi connectivity index (χ3n) is 0.866. The predicted molar refractivity (Wildman–Crippen MR) is 42.2 cm³/mol. The topological polar surface area (TPSA) is 9.23 Å². The lowest BCUT2D eigenvalue weighted by molar-refractivity contribution is -0.463. The molecule has 0 rings (SSSR count). The molecule has 0 aliphatic carbocycles. The van der Waals surface area contributed by atoms with Crippen LogP contribution in [0, 0.1) is 0 Å². The van der Waals surface area contributed by atoms with E-state index in [-0.39, 0.29) is 6.08 Å². The lowest BCUT2D eigenvalue weighted by Crippen LogP contribution is -2.32. The monoisotopic (exact) mass is 360 g/mol. The largest absolute Gasteiger partial charge is 0.529 e. The number of halogens is 11. The Hall–Kier alpha value is -0.520. The number of hydrogen-bond acceptors (Lipinski definition) is 1. The maximum atomic E-state index is 11.7. The molecule has 0 amide bonds. The van der Waals surface area contributed by atoms with Crippen molar-refractivity contribution >= 4 is 15.9 Å². The SMILES string of the molecule is C=CC(F)(F)C(F)(F)Br.FC(F)(F)OC(F)(F)F. The highest BCUT2D eigenvalue weighted by molar-refractivity contribution is 9.10. The maximum Gasteiger partial charge on any atom is 0.529 e. The van der Waals surface area contributed by atoms with Crippen LogP contribution in [-0.4, -0.2) is 23.5 Å². The molecule has 18 heavy (non-hydrogen) atoms. The molecule has 0 aromatic rings. The highest BCUT2D eigenvalue weighted by Gasteiger charge is 2.51. The van der Waals surface area contributed by atoms with E-state index in [9.17, 15) is 43.9 Å². The summed E-state index contributed by atoms with van der Waals surface area (Å²) in [6.45, 7) is 2.54. The Bertz CT molecular complexity index is 249. The van der Waals surface area contributed by atoms with Crippen molar-refractivity contribution in [1.29, 1.82) is 0 Å². The van der Waals surface area contributed by atoms with Crippen molar-refractivity contribution in [2.24, 2.45) is 0 Å². The predicted octanol–water partition coefficient (Wildman–Crippen LogP) is 4.84. The Morgan fingerprint density at radius 3 is 1.06 bits per heavy atom. The van der Waals surface area contributed by atoms with Crippen LogP contribution in [0.25, 0.3) is 0 Å². The van der Waals surface area contributed by atoms with Gasteiger partial charge in [-0.15, -0.1) is 26.3 Å². The van der Waals surface area contributed by atoms with Gasteiger partial charge in [0.1, 0.15) is 0 Å². The number of rotatable bonds is 2. The minimum atomic E-state index is -5.64. The van der Waals surface area contributed by atoms with Gasteiger partial charge in [-0.3, -0.25) is 0 Å². The third-order valence-corrected chi connectivity index (χ3v) is 1.39. The fraction of sp³-hybridized carbons (Fsp3) is 0.667. The zero-order valence-corrected chi connectivity index (χ0v) is 9.44. The van der Waals surface area contributed by atoms with Gasteiger partial charge in [-0.05, 0) is 22.0 Å². The fourth-order valence-corrected chi connectivity index (χ4v) is 0.409. The van der Waals surface area contributed by atoms with Gasteiger partial charge in [0.25, 0.3) is 0 Å². The van der Waals surface area contributed by atoms with E-state index in [2.05, 4.69) is 6.58 Å². The smallest absolute Gasteiger partial charge is 0.196 e. The molecule has 0 aliphatic heterocycles. The molecule has 0 saturated carbocycles. The molecule has 0 aromatic heterocycles. The minimum absolute atomic E-state index is 0.109. The molecule has 0 saturated heterocycles. The zero-order chi connectivity index (χ0) is 15.4. The van der Waals surface area contributed by atoms with Gasteiger partial charge in [0.05, 0.1) is 0 Å². The molecular weight excluding hydrogens is 358 g/mol. The average Bonchev–Trinajstić information content (AvgIpc) is 1.95. The summed E-state index contributed by atoms with van der Waals surface area (Å²) in [7, 11) is 0. The molecule has 0 unspecified atom stereocenters. The van der Waals surface area contributed by atoms with Crippen molar-refractivity contribution < 1.29 is 48.6 Å². The molecule has 0 N–H and O–H groups in total. The van der Waals surface area contributed by atoms with Gasteiger partial charge < -0.3 is 0 Å². The first-order chi connectivity index (χ1) is 7.52. The summed E-state index contributed by atoms with van der Waals surface area (Å²) in [4.78, 5) is -4.19. The van der Waals surface area contributed by atoms with Crippen LogP contribution in [0.5, 0.6) is 0 Å². The highest BCUT2D eigenvalue weighted by atomic mass is 79.9. The summed E-state index contributed by atoms with van der Waals surface area (Å²) >= 11 is 1.51. The van der Waals surface area contributed by atoms with Crippen LogP contribution < -0.4 is 0 Å². The second-order valence-electron chi connectivity index (χ2n) is 2.32.